The van der Waals surface area contributed by atoms with Crippen molar-refractivity contribution in [1.29, 1.82) is 0 Å². The Bertz CT molecular complexity index is 31.2. The molecule has 0 saturated carbocycles. The van der Waals surface area contributed by atoms with E-state index >= 15 is 0 Å². The molecule has 0 bridgehead atoms. The van der Waals surface area contributed by atoms with Gasteiger partial charge in [-0.05, 0) is 14.1 Å². The van der Waals surface area contributed by atoms with Crippen LogP contribution in [-0.2, 0) is 0 Å². The van der Waals surface area contributed by atoms with Crippen LogP contribution in [0.25, 0.3) is 0 Å². The molecule has 0 spiro atoms. The van der Waals surface area contributed by atoms with Crippen molar-refractivity contribution < 1.29 is 0 Å². The summed E-state index contributed by atoms with van der Waals surface area (Å²) in [7, 11) is 3.65. The smallest absolute Gasteiger partial charge is 0.108 e. The highest BCUT2D eigenvalue weighted by Crippen LogP contribution is 1.66. The van der Waals surface area contributed by atoms with Gasteiger partial charge in [-0.3, -0.25) is 4.90 Å². The summed E-state index contributed by atoms with van der Waals surface area (Å²) in [6, 6.07) is 0. The molecular formula is C3H12BrN3. The van der Waals surface area contributed by atoms with Gasteiger partial charge in [0, 0.05) is 0 Å². The molecule has 0 amide bonds. The van der Waals surface area contributed by atoms with Crippen molar-refractivity contribution in [3.63, 3.8) is 0 Å². The van der Waals surface area contributed by atoms with E-state index in [0.29, 0.717) is 0 Å². The molecule has 0 saturated heterocycles. The summed E-state index contributed by atoms with van der Waals surface area (Å²) >= 11 is 0. The third-order valence-corrected chi connectivity index (χ3v) is 0.596. The van der Waals surface area contributed by atoms with E-state index < -0.39 is 0 Å². The molecule has 0 atom stereocenters. The van der Waals surface area contributed by atoms with Crippen LogP contribution in [0.2, 0.25) is 0 Å². The quantitative estimate of drug-likeness (QED) is 0.513. The van der Waals surface area contributed by atoms with Gasteiger partial charge in [0.15, 0.2) is 0 Å². The van der Waals surface area contributed by atoms with Crippen LogP contribution in [0.4, 0.5) is 0 Å². The third kappa shape index (κ3) is 6.36. The van der Waals surface area contributed by atoms with Gasteiger partial charge >= 0.3 is 0 Å². The third-order valence-electron chi connectivity index (χ3n) is 0.596. The molecule has 0 aromatic carbocycles. The van der Waals surface area contributed by atoms with Crippen LogP contribution < -0.4 is 11.5 Å². The molecule has 0 unspecified atom stereocenters. The highest BCUT2D eigenvalue weighted by molar-refractivity contribution is 8.93. The Labute approximate surface area is 54.4 Å². The fourth-order valence-corrected chi connectivity index (χ4v) is 0. The lowest BCUT2D eigenvalue weighted by molar-refractivity contribution is 0.308. The van der Waals surface area contributed by atoms with Gasteiger partial charge in [-0.2, -0.15) is 0 Å². The Morgan fingerprint density at radius 1 is 1.29 bits per heavy atom. The molecule has 0 aromatic heterocycles. The minimum absolute atomic E-state index is 0. The highest BCUT2D eigenvalue weighted by atomic mass is 79.9. The molecular weight excluding hydrogens is 158 g/mol. The first-order valence-electron chi connectivity index (χ1n) is 1.82. The molecule has 7 heavy (non-hydrogen) atoms. The molecule has 3 nitrogen and oxygen atoms in total. The summed E-state index contributed by atoms with van der Waals surface area (Å²) in [4.78, 5) is 1.72. The summed E-state index contributed by atoms with van der Waals surface area (Å²) < 4.78 is 0. The first kappa shape index (κ1) is 10.4. The first-order valence-corrected chi connectivity index (χ1v) is 1.82. The maximum Gasteiger partial charge on any atom is 0.108 e. The average molecular weight is 170 g/mol. The number of hydrogen-bond acceptors (Lipinski definition) is 3. The van der Waals surface area contributed by atoms with E-state index in [9.17, 15) is 0 Å². The number of nitrogens with two attached hydrogens (primary N) is 2. The van der Waals surface area contributed by atoms with E-state index in [4.69, 9.17) is 11.5 Å². The molecule has 0 fully saturated rings. The zero-order valence-electron chi connectivity index (χ0n) is 4.59. The van der Waals surface area contributed by atoms with E-state index in [0.717, 1.165) is 0 Å². The van der Waals surface area contributed by atoms with Crippen molar-refractivity contribution in [2.75, 3.05) is 14.1 Å². The summed E-state index contributed by atoms with van der Waals surface area (Å²) in [6.45, 7) is 0. The standard InChI is InChI=1S/C3H11N3.BrH/c1-6(2)3(4)5;/h3H,4-5H2,1-2H3;1H. The zero-order chi connectivity index (χ0) is 5.15. The number of rotatable bonds is 1. The largest absolute Gasteiger partial charge is 0.304 e. The Kier molecular flexibility index (Phi) is 6.69. The molecule has 0 aromatic rings. The Balaban J connectivity index is 0. The van der Waals surface area contributed by atoms with Crippen LogP contribution in [-0.4, -0.2) is 25.3 Å². The van der Waals surface area contributed by atoms with Crippen LogP contribution in [0.3, 0.4) is 0 Å². The first-order chi connectivity index (χ1) is 2.64. The van der Waals surface area contributed by atoms with Crippen LogP contribution in [0.5, 0.6) is 0 Å². The van der Waals surface area contributed by atoms with Crippen molar-refractivity contribution in [1.82, 2.24) is 4.90 Å². The summed E-state index contributed by atoms with van der Waals surface area (Å²) in [6.07, 6.45) is -0.315. The summed E-state index contributed by atoms with van der Waals surface area (Å²) in [5.41, 5.74) is 10.3. The Hall–Kier alpha value is 0.360. The minimum atomic E-state index is -0.315. The normalized spacial score (nSPS) is 9.43. The second-order valence-corrected chi connectivity index (χ2v) is 1.45. The highest BCUT2D eigenvalue weighted by Gasteiger charge is 1.90. The Morgan fingerprint density at radius 2 is 1.43 bits per heavy atom. The molecule has 0 aliphatic carbocycles. The van der Waals surface area contributed by atoms with Gasteiger partial charge in [0.25, 0.3) is 0 Å². The van der Waals surface area contributed by atoms with Gasteiger partial charge < -0.3 is 11.5 Å². The van der Waals surface area contributed by atoms with Gasteiger partial charge in [-0.25, -0.2) is 0 Å². The van der Waals surface area contributed by atoms with Gasteiger partial charge in [0.2, 0.25) is 0 Å². The van der Waals surface area contributed by atoms with Crippen molar-refractivity contribution >= 4 is 17.0 Å². The fourth-order valence-electron chi connectivity index (χ4n) is 0. The van der Waals surface area contributed by atoms with E-state index in [-0.39, 0.29) is 23.3 Å². The van der Waals surface area contributed by atoms with Crippen LogP contribution in [0.1, 0.15) is 0 Å². The maximum absolute atomic E-state index is 5.14. The second-order valence-electron chi connectivity index (χ2n) is 1.45. The predicted octanol–water partition coefficient (Wildman–Crippen LogP) is -0.673. The van der Waals surface area contributed by atoms with Crippen molar-refractivity contribution in [3.05, 3.63) is 0 Å². The molecule has 46 valence electrons. The van der Waals surface area contributed by atoms with Gasteiger partial charge in [-0.1, -0.05) is 0 Å². The van der Waals surface area contributed by atoms with Crippen LogP contribution >= 0.6 is 17.0 Å². The van der Waals surface area contributed by atoms with Crippen molar-refractivity contribution in [2.45, 2.75) is 6.29 Å². The monoisotopic (exact) mass is 169 g/mol. The molecule has 4 N–H and O–H groups in total. The zero-order valence-corrected chi connectivity index (χ0v) is 6.30. The molecule has 4 heteroatoms. The molecule has 0 heterocycles. The van der Waals surface area contributed by atoms with E-state index in [1.165, 1.54) is 0 Å². The lowest BCUT2D eigenvalue weighted by Gasteiger charge is -2.12. The summed E-state index contributed by atoms with van der Waals surface area (Å²) in [5.74, 6) is 0. The molecule has 0 aliphatic rings. The van der Waals surface area contributed by atoms with Gasteiger partial charge in [-0.15, -0.1) is 17.0 Å². The maximum atomic E-state index is 5.14. The van der Waals surface area contributed by atoms with Crippen LogP contribution in [0, 0.1) is 0 Å². The number of halogens is 1. The minimum Gasteiger partial charge on any atom is -0.304 e. The van der Waals surface area contributed by atoms with E-state index in [1.807, 2.05) is 14.1 Å². The molecule has 0 radical (unpaired) electrons. The average Bonchev–Trinajstić information content (AvgIpc) is 1.36. The predicted molar refractivity (Wildman–Crippen MR) is 36.2 cm³/mol. The van der Waals surface area contributed by atoms with Gasteiger partial charge in [0.1, 0.15) is 6.29 Å². The second kappa shape index (κ2) is 4.52. The summed E-state index contributed by atoms with van der Waals surface area (Å²) in [5, 5.41) is 0. The number of nitrogens with zero attached hydrogens (tertiary/aromatic N) is 1. The lowest BCUT2D eigenvalue weighted by atomic mass is 10.8. The van der Waals surface area contributed by atoms with Crippen LogP contribution in [0.15, 0.2) is 0 Å². The SMILES string of the molecule is Br.CN(C)C(N)N. The van der Waals surface area contributed by atoms with Gasteiger partial charge in [0.05, 0.1) is 0 Å². The topological polar surface area (TPSA) is 55.3 Å². The lowest BCUT2D eigenvalue weighted by Crippen LogP contribution is -2.43. The number of hydrogen-bond donors (Lipinski definition) is 2. The van der Waals surface area contributed by atoms with E-state index in [2.05, 4.69) is 0 Å². The fraction of sp³-hybridized carbons (Fsp3) is 1.00. The van der Waals surface area contributed by atoms with Crippen molar-refractivity contribution in [2.24, 2.45) is 11.5 Å². The Morgan fingerprint density at radius 3 is 1.43 bits per heavy atom. The molecule has 0 rings (SSSR count). The van der Waals surface area contributed by atoms with Crippen molar-refractivity contribution in [3.8, 4) is 0 Å². The molecule has 0 aliphatic heterocycles. The van der Waals surface area contributed by atoms with E-state index in [1.54, 1.807) is 4.90 Å².